The second-order valence-electron chi connectivity index (χ2n) is 8.33. The van der Waals surface area contributed by atoms with Crippen LogP contribution in [0.25, 0.3) is 0 Å². The Kier molecular flexibility index (Phi) is 5.61. The molecular formula is C19H36N2. The quantitative estimate of drug-likeness (QED) is 0.835. The van der Waals surface area contributed by atoms with Gasteiger partial charge >= 0.3 is 0 Å². The fraction of sp³-hybridized carbons (Fsp3) is 1.00. The minimum Gasteiger partial charge on any atom is -0.310 e. The van der Waals surface area contributed by atoms with Crippen molar-refractivity contribution in [2.24, 2.45) is 11.8 Å². The van der Waals surface area contributed by atoms with Crippen LogP contribution in [0, 0.1) is 11.8 Å². The highest BCUT2D eigenvalue weighted by atomic mass is 15.2. The molecule has 122 valence electrons. The fourth-order valence-electron chi connectivity index (χ4n) is 4.95. The zero-order valence-electron chi connectivity index (χ0n) is 14.3. The molecule has 2 nitrogen and oxygen atoms in total. The van der Waals surface area contributed by atoms with E-state index in [-0.39, 0.29) is 0 Å². The number of nitrogens with zero attached hydrogens (tertiary/aromatic N) is 1. The highest BCUT2D eigenvalue weighted by molar-refractivity contribution is 4.91. The van der Waals surface area contributed by atoms with Crippen molar-refractivity contribution in [1.29, 1.82) is 0 Å². The maximum atomic E-state index is 4.05. The summed E-state index contributed by atoms with van der Waals surface area (Å²) in [6.07, 6.45) is 14.5. The zero-order chi connectivity index (χ0) is 14.7. The second kappa shape index (κ2) is 7.46. The SMILES string of the molecule is CC(C)C1CC(NC2CCCCC2)CN(C2CCCC2)C1. The minimum absolute atomic E-state index is 0.759. The van der Waals surface area contributed by atoms with Crippen molar-refractivity contribution in [2.75, 3.05) is 13.1 Å². The highest BCUT2D eigenvalue weighted by Crippen LogP contribution is 2.31. The lowest BCUT2D eigenvalue weighted by Crippen LogP contribution is -2.55. The summed E-state index contributed by atoms with van der Waals surface area (Å²) in [5.41, 5.74) is 0. The van der Waals surface area contributed by atoms with Crippen LogP contribution in [-0.4, -0.2) is 36.1 Å². The van der Waals surface area contributed by atoms with Gasteiger partial charge in [0.25, 0.3) is 0 Å². The first-order chi connectivity index (χ1) is 10.2. The smallest absolute Gasteiger partial charge is 0.0200 e. The van der Waals surface area contributed by atoms with Crippen molar-refractivity contribution in [1.82, 2.24) is 10.2 Å². The summed E-state index contributed by atoms with van der Waals surface area (Å²) in [4.78, 5) is 2.86. The van der Waals surface area contributed by atoms with Crippen molar-refractivity contribution in [3.63, 3.8) is 0 Å². The predicted octanol–water partition coefficient (Wildman–Crippen LogP) is 4.20. The number of rotatable bonds is 4. The molecule has 3 rings (SSSR count). The third kappa shape index (κ3) is 4.22. The number of piperidine rings is 1. The highest BCUT2D eigenvalue weighted by Gasteiger charge is 2.34. The van der Waals surface area contributed by atoms with E-state index >= 15 is 0 Å². The Labute approximate surface area is 132 Å². The molecule has 1 N–H and O–H groups in total. The van der Waals surface area contributed by atoms with Crippen LogP contribution in [0.5, 0.6) is 0 Å². The van der Waals surface area contributed by atoms with E-state index in [1.54, 1.807) is 0 Å². The van der Waals surface area contributed by atoms with E-state index < -0.39 is 0 Å². The van der Waals surface area contributed by atoms with Crippen molar-refractivity contribution in [3.8, 4) is 0 Å². The van der Waals surface area contributed by atoms with E-state index in [9.17, 15) is 0 Å². The van der Waals surface area contributed by atoms with Gasteiger partial charge in [0.2, 0.25) is 0 Å². The zero-order valence-corrected chi connectivity index (χ0v) is 14.3. The molecule has 1 saturated heterocycles. The summed E-state index contributed by atoms with van der Waals surface area (Å²) in [5, 5.41) is 4.05. The molecule has 1 heterocycles. The maximum Gasteiger partial charge on any atom is 0.0200 e. The van der Waals surface area contributed by atoms with Crippen LogP contribution in [-0.2, 0) is 0 Å². The third-order valence-corrected chi connectivity index (χ3v) is 6.37. The van der Waals surface area contributed by atoms with Gasteiger partial charge < -0.3 is 5.32 Å². The molecule has 0 aromatic heterocycles. The number of likely N-dealkylation sites (tertiary alicyclic amines) is 1. The number of nitrogens with one attached hydrogen (secondary N) is 1. The van der Waals surface area contributed by atoms with Gasteiger partial charge in [-0.15, -0.1) is 0 Å². The lowest BCUT2D eigenvalue weighted by atomic mass is 9.84. The van der Waals surface area contributed by atoms with Crippen LogP contribution in [0.1, 0.15) is 78.1 Å². The summed E-state index contributed by atoms with van der Waals surface area (Å²) in [7, 11) is 0. The maximum absolute atomic E-state index is 4.05. The van der Waals surface area contributed by atoms with E-state index in [1.807, 2.05) is 0 Å². The summed E-state index contributed by atoms with van der Waals surface area (Å²) in [6.45, 7) is 7.55. The minimum atomic E-state index is 0.759. The first-order valence-corrected chi connectivity index (χ1v) is 9.72. The van der Waals surface area contributed by atoms with Gasteiger partial charge in [-0.1, -0.05) is 46.0 Å². The molecule has 3 fully saturated rings. The van der Waals surface area contributed by atoms with Crippen molar-refractivity contribution in [3.05, 3.63) is 0 Å². The van der Waals surface area contributed by atoms with E-state index in [0.29, 0.717) is 0 Å². The van der Waals surface area contributed by atoms with Gasteiger partial charge in [-0.05, 0) is 43.9 Å². The lowest BCUT2D eigenvalue weighted by molar-refractivity contribution is 0.0740. The van der Waals surface area contributed by atoms with E-state index in [4.69, 9.17) is 0 Å². The summed E-state index contributed by atoms with van der Waals surface area (Å²) in [6, 6.07) is 2.48. The van der Waals surface area contributed by atoms with Crippen LogP contribution in [0.2, 0.25) is 0 Å². The van der Waals surface area contributed by atoms with Gasteiger partial charge in [0.1, 0.15) is 0 Å². The van der Waals surface area contributed by atoms with Gasteiger partial charge in [-0.2, -0.15) is 0 Å². The monoisotopic (exact) mass is 292 g/mol. The largest absolute Gasteiger partial charge is 0.310 e. The molecule has 2 saturated carbocycles. The molecule has 0 radical (unpaired) electrons. The van der Waals surface area contributed by atoms with Crippen LogP contribution in [0.3, 0.4) is 0 Å². The topological polar surface area (TPSA) is 15.3 Å². The van der Waals surface area contributed by atoms with Gasteiger partial charge in [0, 0.05) is 31.2 Å². The Balaban J connectivity index is 1.58. The van der Waals surface area contributed by atoms with Crippen molar-refractivity contribution in [2.45, 2.75) is 96.2 Å². The molecule has 2 heteroatoms. The molecule has 0 bridgehead atoms. The van der Waals surface area contributed by atoms with Crippen LogP contribution < -0.4 is 5.32 Å². The average molecular weight is 293 g/mol. The van der Waals surface area contributed by atoms with Gasteiger partial charge in [0.15, 0.2) is 0 Å². The summed E-state index contributed by atoms with van der Waals surface area (Å²) in [5.74, 6) is 1.74. The second-order valence-corrected chi connectivity index (χ2v) is 8.33. The molecule has 21 heavy (non-hydrogen) atoms. The lowest BCUT2D eigenvalue weighted by Gasteiger charge is -2.44. The van der Waals surface area contributed by atoms with E-state index in [1.165, 1.54) is 77.3 Å². The summed E-state index contributed by atoms with van der Waals surface area (Å²) >= 11 is 0. The van der Waals surface area contributed by atoms with Gasteiger partial charge in [-0.25, -0.2) is 0 Å². The molecule has 1 aliphatic heterocycles. The normalized spacial score (nSPS) is 33.9. The Hall–Kier alpha value is -0.0800. The van der Waals surface area contributed by atoms with Gasteiger partial charge in [0.05, 0.1) is 0 Å². The van der Waals surface area contributed by atoms with Crippen LogP contribution >= 0.6 is 0 Å². The van der Waals surface area contributed by atoms with Gasteiger partial charge in [-0.3, -0.25) is 4.90 Å². The molecule has 2 unspecified atom stereocenters. The molecule has 2 atom stereocenters. The van der Waals surface area contributed by atoms with Crippen LogP contribution in [0.15, 0.2) is 0 Å². The Morgan fingerprint density at radius 3 is 2.14 bits per heavy atom. The van der Waals surface area contributed by atoms with Crippen LogP contribution in [0.4, 0.5) is 0 Å². The molecule has 2 aliphatic carbocycles. The molecule has 0 amide bonds. The van der Waals surface area contributed by atoms with E-state index in [0.717, 1.165) is 30.0 Å². The standard InChI is InChI=1S/C19H36N2/c1-15(2)16-12-18(20-17-8-4-3-5-9-17)14-21(13-16)19-10-6-7-11-19/h15-20H,3-14H2,1-2H3. The molecule has 0 aromatic carbocycles. The molecular weight excluding hydrogens is 256 g/mol. The Morgan fingerprint density at radius 2 is 1.48 bits per heavy atom. The first kappa shape index (κ1) is 15.8. The number of hydrogen-bond acceptors (Lipinski definition) is 2. The van der Waals surface area contributed by atoms with Crippen molar-refractivity contribution < 1.29 is 0 Å². The third-order valence-electron chi connectivity index (χ3n) is 6.37. The fourth-order valence-corrected chi connectivity index (χ4v) is 4.95. The molecule has 3 aliphatic rings. The summed E-state index contributed by atoms with van der Waals surface area (Å²) < 4.78 is 0. The van der Waals surface area contributed by atoms with E-state index in [2.05, 4.69) is 24.1 Å². The number of hydrogen-bond donors (Lipinski definition) is 1. The Morgan fingerprint density at radius 1 is 0.810 bits per heavy atom. The average Bonchev–Trinajstić information content (AvgIpc) is 3.02. The Bertz CT molecular complexity index is 303. The molecule has 0 spiro atoms. The van der Waals surface area contributed by atoms with Crippen molar-refractivity contribution >= 4 is 0 Å². The molecule has 0 aromatic rings. The first-order valence-electron chi connectivity index (χ1n) is 9.72. The predicted molar refractivity (Wildman–Crippen MR) is 90.6 cm³/mol.